The van der Waals surface area contributed by atoms with Crippen molar-refractivity contribution in [1.29, 1.82) is 0 Å². The van der Waals surface area contributed by atoms with E-state index in [1.165, 1.54) is 12.8 Å². The second kappa shape index (κ2) is 8.43. The molecule has 0 aromatic rings. The van der Waals surface area contributed by atoms with E-state index in [9.17, 15) is 4.79 Å². The van der Waals surface area contributed by atoms with E-state index in [0.717, 1.165) is 26.1 Å². The predicted octanol–water partition coefficient (Wildman–Crippen LogP) is 1.34. The highest BCUT2D eigenvalue weighted by Gasteiger charge is 2.17. The number of nitrogens with one attached hydrogen (secondary N) is 1. The van der Waals surface area contributed by atoms with Crippen molar-refractivity contribution in [2.75, 3.05) is 31.9 Å². The van der Waals surface area contributed by atoms with E-state index >= 15 is 0 Å². The molecular weight excluding hydrogens is 232 g/mol. The summed E-state index contributed by atoms with van der Waals surface area (Å²) < 4.78 is 0. The van der Waals surface area contributed by atoms with Crippen LogP contribution in [0.3, 0.4) is 0 Å². The Kier molecular flexibility index (Phi) is 7.14. The Morgan fingerprint density at radius 3 is 2.82 bits per heavy atom. The monoisotopic (exact) mass is 254 g/mol. The first-order valence-electron chi connectivity index (χ1n) is 6.31. The molecule has 0 radical (unpaired) electrons. The Morgan fingerprint density at radius 2 is 2.24 bits per heavy atom. The van der Waals surface area contributed by atoms with Crippen molar-refractivity contribution in [3.05, 3.63) is 0 Å². The third kappa shape index (κ3) is 5.47. The number of thioether (sulfide) groups is 1. The Labute approximate surface area is 109 Å². The molecule has 0 aliphatic carbocycles. The number of terminal acetylenes is 1. The van der Waals surface area contributed by atoms with E-state index in [1.807, 2.05) is 0 Å². The first-order chi connectivity index (χ1) is 8.27. The average molecular weight is 254 g/mol. The van der Waals surface area contributed by atoms with Crippen molar-refractivity contribution in [2.24, 2.45) is 0 Å². The molecule has 1 heterocycles. The van der Waals surface area contributed by atoms with E-state index in [1.54, 1.807) is 16.7 Å². The maximum absolute atomic E-state index is 12.0. The number of hydrogen-bond acceptors (Lipinski definition) is 3. The quantitative estimate of drug-likeness (QED) is 0.726. The molecular formula is C13H22N2OS. The van der Waals surface area contributed by atoms with E-state index in [-0.39, 0.29) is 5.91 Å². The molecule has 0 aromatic heterocycles. The summed E-state index contributed by atoms with van der Waals surface area (Å²) in [6.07, 6.45) is 8.58. The molecule has 0 saturated carbocycles. The van der Waals surface area contributed by atoms with Crippen LogP contribution in [0.1, 0.15) is 26.2 Å². The van der Waals surface area contributed by atoms with Crippen molar-refractivity contribution in [2.45, 2.75) is 31.4 Å². The van der Waals surface area contributed by atoms with Crippen molar-refractivity contribution in [1.82, 2.24) is 10.2 Å². The zero-order valence-corrected chi connectivity index (χ0v) is 11.4. The summed E-state index contributed by atoms with van der Waals surface area (Å²) in [6, 6.07) is 0. The van der Waals surface area contributed by atoms with Crippen LogP contribution in [0, 0.1) is 12.3 Å². The Hall–Kier alpha value is -0.660. The molecule has 0 unspecified atom stereocenters. The normalized spacial score (nSPS) is 16.5. The molecule has 96 valence electrons. The lowest BCUT2D eigenvalue weighted by Crippen LogP contribution is -2.35. The van der Waals surface area contributed by atoms with Gasteiger partial charge in [0.15, 0.2) is 0 Å². The van der Waals surface area contributed by atoms with Gasteiger partial charge in [0.05, 0.1) is 12.3 Å². The molecule has 3 nitrogen and oxygen atoms in total. The van der Waals surface area contributed by atoms with Crippen molar-refractivity contribution < 1.29 is 4.79 Å². The van der Waals surface area contributed by atoms with Crippen LogP contribution in [0.2, 0.25) is 0 Å². The zero-order valence-electron chi connectivity index (χ0n) is 10.6. The van der Waals surface area contributed by atoms with Crippen LogP contribution in [0.15, 0.2) is 0 Å². The average Bonchev–Trinajstić information content (AvgIpc) is 2.37. The summed E-state index contributed by atoms with van der Waals surface area (Å²) in [6.45, 7) is 5.44. The maximum Gasteiger partial charge on any atom is 0.233 e. The van der Waals surface area contributed by atoms with Gasteiger partial charge in [-0.25, -0.2) is 0 Å². The molecule has 1 aliphatic heterocycles. The lowest BCUT2D eigenvalue weighted by atomic mass is 10.2. The van der Waals surface area contributed by atoms with Crippen molar-refractivity contribution in [3.8, 4) is 12.3 Å². The molecule has 17 heavy (non-hydrogen) atoms. The Balaban J connectivity index is 2.28. The number of nitrogens with zero attached hydrogens (tertiary/aromatic N) is 1. The van der Waals surface area contributed by atoms with Crippen molar-refractivity contribution in [3.63, 3.8) is 0 Å². The molecule has 0 atom stereocenters. The third-order valence-electron chi connectivity index (χ3n) is 2.86. The highest BCUT2D eigenvalue weighted by molar-refractivity contribution is 8.00. The summed E-state index contributed by atoms with van der Waals surface area (Å²) >= 11 is 1.79. The molecule has 1 amide bonds. The summed E-state index contributed by atoms with van der Waals surface area (Å²) in [4.78, 5) is 13.7. The van der Waals surface area contributed by atoms with Gasteiger partial charge in [-0.1, -0.05) is 12.8 Å². The Bertz CT molecular complexity index is 269. The second-order valence-corrected chi connectivity index (χ2v) is 5.57. The third-order valence-corrected chi connectivity index (χ3v) is 4.21. The molecule has 1 fully saturated rings. The molecule has 1 N–H and O–H groups in total. The van der Waals surface area contributed by atoms with Crippen LogP contribution >= 0.6 is 11.8 Å². The molecule has 1 aliphatic rings. The van der Waals surface area contributed by atoms with E-state index in [0.29, 0.717) is 17.5 Å². The summed E-state index contributed by atoms with van der Waals surface area (Å²) in [5.41, 5.74) is 0. The van der Waals surface area contributed by atoms with Gasteiger partial charge in [-0.05, 0) is 32.4 Å². The minimum atomic E-state index is 0.188. The van der Waals surface area contributed by atoms with Crippen LogP contribution in [-0.4, -0.2) is 48.0 Å². The van der Waals surface area contributed by atoms with E-state index in [4.69, 9.17) is 6.42 Å². The van der Waals surface area contributed by atoms with Gasteiger partial charge < -0.3 is 10.2 Å². The molecule has 4 heteroatoms. The largest absolute Gasteiger partial charge is 0.331 e. The SMILES string of the molecule is C#CCN(CCC)C(=O)CSC1CCNCC1. The lowest BCUT2D eigenvalue weighted by Gasteiger charge is -2.24. The highest BCUT2D eigenvalue weighted by atomic mass is 32.2. The summed E-state index contributed by atoms with van der Waals surface area (Å²) in [5, 5.41) is 3.96. The number of hydrogen-bond donors (Lipinski definition) is 1. The predicted molar refractivity (Wildman–Crippen MR) is 74.1 cm³/mol. The minimum Gasteiger partial charge on any atom is -0.331 e. The number of carbonyl (C=O) groups is 1. The van der Waals surface area contributed by atoms with Crippen LogP contribution in [0.25, 0.3) is 0 Å². The Morgan fingerprint density at radius 1 is 1.53 bits per heavy atom. The van der Waals surface area contributed by atoms with Crippen LogP contribution < -0.4 is 5.32 Å². The van der Waals surface area contributed by atoms with E-state index in [2.05, 4.69) is 18.2 Å². The van der Waals surface area contributed by atoms with Gasteiger partial charge >= 0.3 is 0 Å². The number of piperidine rings is 1. The fourth-order valence-corrected chi connectivity index (χ4v) is 3.04. The van der Waals surface area contributed by atoms with Crippen molar-refractivity contribution >= 4 is 17.7 Å². The summed E-state index contributed by atoms with van der Waals surface area (Å²) in [7, 11) is 0. The summed E-state index contributed by atoms with van der Waals surface area (Å²) in [5.74, 6) is 3.32. The second-order valence-electron chi connectivity index (χ2n) is 4.28. The molecule has 0 spiro atoms. The number of rotatable bonds is 6. The molecule has 0 bridgehead atoms. The van der Waals surface area contributed by atoms with Crippen LogP contribution in [-0.2, 0) is 4.79 Å². The standard InChI is InChI=1S/C13H22N2OS/c1-3-9-15(10-4-2)13(16)11-17-12-5-7-14-8-6-12/h1,12,14H,4-11H2,2H3. The maximum atomic E-state index is 12.0. The van der Waals surface area contributed by atoms with Gasteiger partial charge in [0.2, 0.25) is 5.91 Å². The van der Waals surface area contributed by atoms with Gasteiger partial charge in [-0.3, -0.25) is 4.79 Å². The molecule has 0 aromatic carbocycles. The topological polar surface area (TPSA) is 32.3 Å². The molecule has 1 rings (SSSR count). The first-order valence-corrected chi connectivity index (χ1v) is 7.36. The lowest BCUT2D eigenvalue weighted by molar-refractivity contribution is -0.127. The zero-order chi connectivity index (χ0) is 12.5. The fraction of sp³-hybridized carbons (Fsp3) is 0.769. The van der Waals surface area contributed by atoms with Gasteiger partial charge in [-0.15, -0.1) is 18.2 Å². The number of carbonyl (C=O) groups excluding carboxylic acids is 1. The van der Waals surface area contributed by atoms with Crippen LogP contribution in [0.4, 0.5) is 0 Å². The minimum absolute atomic E-state index is 0.188. The smallest absolute Gasteiger partial charge is 0.233 e. The number of amides is 1. The van der Waals surface area contributed by atoms with Crippen LogP contribution in [0.5, 0.6) is 0 Å². The van der Waals surface area contributed by atoms with Gasteiger partial charge in [0, 0.05) is 11.8 Å². The first kappa shape index (κ1) is 14.4. The van der Waals surface area contributed by atoms with Gasteiger partial charge in [0.1, 0.15) is 0 Å². The highest BCUT2D eigenvalue weighted by Crippen LogP contribution is 2.20. The molecule has 1 saturated heterocycles. The van der Waals surface area contributed by atoms with Gasteiger partial charge in [-0.2, -0.15) is 0 Å². The van der Waals surface area contributed by atoms with E-state index < -0.39 is 0 Å². The fourth-order valence-electron chi connectivity index (χ4n) is 1.91. The van der Waals surface area contributed by atoms with Gasteiger partial charge in [0.25, 0.3) is 0 Å².